The van der Waals surface area contributed by atoms with Crippen molar-refractivity contribution in [3.05, 3.63) is 59.8 Å². The third kappa shape index (κ3) is 5.84. The van der Waals surface area contributed by atoms with Crippen LogP contribution < -0.4 is 4.90 Å². The lowest BCUT2D eigenvalue weighted by Gasteiger charge is -2.28. The van der Waals surface area contributed by atoms with Gasteiger partial charge in [-0.25, -0.2) is 9.78 Å². The highest BCUT2D eigenvalue weighted by Crippen LogP contribution is 2.33. The maximum atomic E-state index is 13.0. The van der Waals surface area contributed by atoms with E-state index in [1.807, 2.05) is 68.1 Å². The van der Waals surface area contributed by atoms with Gasteiger partial charge in [-0.15, -0.1) is 0 Å². The number of hydrogen-bond acceptors (Lipinski definition) is 4. The third-order valence-corrected chi connectivity index (χ3v) is 5.13. The molecule has 0 N–H and O–H groups in total. The summed E-state index contributed by atoms with van der Waals surface area (Å²) in [4.78, 5) is 33.8. The van der Waals surface area contributed by atoms with Gasteiger partial charge in [0.15, 0.2) is 0 Å². The largest absolute Gasteiger partial charge is 0.443 e. The molecule has 1 aliphatic heterocycles. The minimum Gasteiger partial charge on any atom is -0.443 e. The van der Waals surface area contributed by atoms with Crippen LogP contribution in [0.1, 0.15) is 69.4 Å². The van der Waals surface area contributed by atoms with Gasteiger partial charge in [0.05, 0.1) is 6.04 Å². The molecule has 1 aromatic carbocycles. The predicted molar refractivity (Wildman–Crippen MR) is 122 cm³/mol. The first-order valence-corrected chi connectivity index (χ1v) is 11.0. The molecular formula is C25H33N3O3. The van der Waals surface area contributed by atoms with Crippen LogP contribution in [0.5, 0.6) is 0 Å². The van der Waals surface area contributed by atoms with Crippen LogP contribution >= 0.6 is 0 Å². The average Bonchev–Trinajstić information content (AvgIpc) is 3.20. The van der Waals surface area contributed by atoms with Gasteiger partial charge in [-0.1, -0.05) is 38.1 Å². The zero-order valence-electron chi connectivity index (χ0n) is 19.2. The molecule has 1 aliphatic rings. The second kappa shape index (κ2) is 9.50. The molecule has 2 aromatic rings. The van der Waals surface area contributed by atoms with Crippen molar-refractivity contribution in [1.29, 1.82) is 0 Å². The van der Waals surface area contributed by atoms with E-state index >= 15 is 0 Å². The summed E-state index contributed by atoms with van der Waals surface area (Å²) in [5.74, 6) is 0.871. The molecule has 0 unspecified atom stereocenters. The highest BCUT2D eigenvalue weighted by atomic mass is 16.6. The highest BCUT2D eigenvalue weighted by molar-refractivity contribution is 5.94. The van der Waals surface area contributed by atoms with Crippen molar-refractivity contribution < 1.29 is 14.3 Å². The molecule has 2 amide bonds. The second-order valence-electron chi connectivity index (χ2n) is 9.46. The molecule has 1 aromatic heterocycles. The Hall–Kier alpha value is -2.89. The average molecular weight is 424 g/mol. The summed E-state index contributed by atoms with van der Waals surface area (Å²) in [6.45, 7) is 10.9. The van der Waals surface area contributed by atoms with Crippen LogP contribution in [0, 0.1) is 5.92 Å². The molecule has 0 spiro atoms. The number of benzene rings is 1. The van der Waals surface area contributed by atoms with Crippen LogP contribution in [0.25, 0.3) is 0 Å². The summed E-state index contributed by atoms with van der Waals surface area (Å²) < 4.78 is 5.58. The molecule has 0 saturated carbocycles. The number of carbonyl (C=O) groups excluding carboxylic acids is 2. The van der Waals surface area contributed by atoms with Crippen molar-refractivity contribution in [2.24, 2.45) is 5.92 Å². The van der Waals surface area contributed by atoms with Crippen molar-refractivity contribution in [3.8, 4) is 0 Å². The second-order valence-corrected chi connectivity index (χ2v) is 9.46. The van der Waals surface area contributed by atoms with Crippen molar-refractivity contribution >= 4 is 17.8 Å². The zero-order valence-corrected chi connectivity index (χ0v) is 19.2. The fourth-order valence-corrected chi connectivity index (χ4v) is 3.80. The molecule has 0 aliphatic carbocycles. The number of aromatic nitrogens is 1. The van der Waals surface area contributed by atoms with Crippen LogP contribution in [0.2, 0.25) is 0 Å². The first kappa shape index (κ1) is 22.8. The Morgan fingerprint density at radius 2 is 1.87 bits per heavy atom. The van der Waals surface area contributed by atoms with Crippen LogP contribution in [0.3, 0.4) is 0 Å². The molecule has 3 rings (SSSR count). The molecule has 0 radical (unpaired) electrons. The molecule has 1 fully saturated rings. The van der Waals surface area contributed by atoms with Crippen LogP contribution in [-0.4, -0.2) is 40.6 Å². The Labute approximate surface area is 185 Å². The Morgan fingerprint density at radius 3 is 2.45 bits per heavy atom. The number of rotatable bonds is 5. The topological polar surface area (TPSA) is 62.7 Å². The minimum atomic E-state index is -0.575. The lowest BCUT2D eigenvalue weighted by Crippen LogP contribution is -2.39. The minimum absolute atomic E-state index is 0.00525. The van der Waals surface area contributed by atoms with Gasteiger partial charge in [-0.2, -0.15) is 0 Å². The van der Waals surface area contributed by atoms with Crippen LogP contribution in [-0.2, 0) is 4.74 Å². The summed E-state index contributed by atoms with van der Waals surface area (Å²) in [5, 5.41) is 0. The number of nitrogens with zero attached hydrogens (tertiary/aromatic N) is 3. The van der Waals surface area contributed by atoms with Crippen molar-refractivity contribution in [2.75, 3.05) is 18.0 Å². The number of pyridine rings is 1. The van der Waals surface area contributed by atoms with Crippen molar-refractivity contribution in [1.82, 2.24) is 9.88 Å². The number of anilines is 1. The Bertz CT molecular complexity index is 888. The van der Waals surface area contributed by atoms with Gasteiger partial charge in [0, 0.05) is 24.8 Å². The number of hydrogen-bond donors (Lipinski definition) is 0. The van der Waals surface area contributed by atoms with E-state index in [4.69, 9.17) is 4.74 Å². The van der Waals surface area contributed by atoms with Gasteiger partial charge < -0.3 is 9.64 Å². The maximum Gasteiger partial charge on any atom is 0.416 e. The first-order chi connectivity index (χ1) is 14.7. The molecule has 31 heavy (non-hydrogen) atoms. The van der Waals surface area contributed by atoms with Gasteiger partial charge in [0.1, 0.15) is 11.4 Å². The number of likely N-dealkylation sites (tertiary alicyclic amines) is 1. The van der Waals surface area contributed by atoms with E-state index in [1.165, 1.54) is 0 Å². The molecule has 6 nitrogen and oxygen atoms in total. The fraction of sp³-hybridized carbons (Fsp3) is 0.480. The van der Waals surface area contributed by atoms with E-state index in [2.05, 4.69) is 18.8 Å². The Morgan fingerprint density at radius 1 is 1.16 bits per heavy atom. The lowest BCUT2D eigenvalue weighted by atomic mass is 10.1. The van der Waals surface area contributed by atoms with Crippen LogP contribution in [0.15, 0.2) is 48.7 Å². The third-order valence-electron chi connectivity index (χ3n) is 5.13. The Kier molecular flexibility index (Phi) is 6.98. The number of carbonyl (C=O) groups is 2. The van der Waals surface area contributed by atoms with Crippen LogP contribution in [0.4, 0.5) is 10.6 Å². The molecular weight excluding hydrogens is 390 g/mol. The van der Waals surface area contributed by atoms with Gasteiger partial charge in [-0.05, 0) is 63.3 Å². The van der Waals surface area contributed by atoms with E-state index in [-0.39, 0.29) is 17.9 Å². The van der Waals surface area contributed by atoms with E-state index in [9.17, 15) is 9.59 Å². The molecule has 1 atom stereocenters. The lowest BCUT2D eigenvalue weighted by molar-refractivity contribution is 0.0574. The van der Waals surface area contributed by atoms with E-state index in [1.54, 1.807) is 11.1 Å². The van der Waals surface area contributed by atoms with Gasteiger partial charge in [0.2, 0.25) is 0 Å². The standard InChI is InChI=1S/C25H33N3O3/c1-18(2)17-28(24(30)31-25(3,4)5)22-14-13-20(16-26-22)21-12-9-15-27(21)23(29)19-10-7-6-8-11-19/h6-8,10-11,13-14,16,18,21H,9,12,15,17H2,1-5H3/t21-/m1/s1. The quantitative estimate of drug-likeness (QED) is 0.641. The summed E-state index contributed by atoms with van der Waals surface area (Å²) >= 11 is 0. The zero-order chi connectivity index (χ0) is 22.6. The fourth-order valence-electron chi connectivity index (χ4n) is 3.80. The number of ether oxygens (including phenoxy) is 1. The smallest absolute Gasteiger partial charge is 0.416 e. The van der Waals surface area contributed by atoms with Crippen molar-refractivity contribution in [3.63, 3.8) is 0 Å². The maximum absolute atomic E-state index is 13.0. The first-order valence-electron chi connectivity index (χ1n) is 11.0. The van der Waals surface area contributed by atoms with E-state index in [0.29, 0.717) is 17.9 Å². The summed E-state index contributed by atoms with van der Waals surface area (Å²) in [6, 6.07) is 13.2. The highest BCUT2D eigenvalue weighted by Gasteiger charge is 2.31. The molecule has 2 heterocycles. The van der Waals surface area contributed by atoms with Gasteiger partial charge >= 0.3 is 6.09 Å². The summed E-state index contributed by atoms with van der Waals surface area (Å²) in [7, 11) is 0. The van der Waals surface area contributed by atoms with Crippen molar-refractivity contribution in [2.45, 2.75) is 59.1 Å². The Balaban J connectivity index is 1.80. The van der Waals surface area contributed by atoms with Gasteiger partial charge in [0.25, 0.3) is 5.91 Å². The molecule has 166 valence electrons. The number of amides is 2. The SMILES string of the molecule is CC(C)CN(C(=O)OC(C)(C)C)c1ccc([C@H]2CCCN2C(=O)c2ccccc2)cn1. The van der Waals surface area contributed by atoms with E-state index in [0.717, 1.165) is 24.9 Å². The van der Waals surface area contributed by atoms with E-state index < -0.39 is 11.7 Å². The monoisotopic (exact) mass is 423 g/mol. The molecule has 6 heteroatoms. The normalized spacial score (nSPS) is 16.5. The predicted octanol–water partition coefficient (Wildman–Crippen LogP) is 5.46. The molecule has 0 bridgehead atoms. The van der Waals surface area contributed by atoms with Gasteiger partial charge in [-0.3, -0.25) is 9.69 Å². The summed E-state index contributed by atoms with van der Waals surface area (Å²) in [5.41, 5.74) is 1.11. The summed E-state index contributed by atoms with van der Waals surface area (Å²) in [6.07, 6.45) is 3.25. The molecule has 1 saturated heterocycles.